The standard InChI is InChI=1S/C9H12N2OS/c1-12-8-5-3-2-4-7(8)6-13-9(10)11/h2-5H,6H2,1H3,(H3,10,11). The summed E-state index contributed by atoms with van der Waals surface area (Å²) in [4.78, 5) is 0. The van der Waals surface area contributed by atoms with Crippen molar-refractivity contribution in [2.24, 2.45) is 5.73 Å². The zero-order chi connectivity index (χ0) is 9.68. The molecule has 1 rings (SSSR count). The van der Waals surface area contributed by atoms with Crippen LogP contribution in [0, 0.1) is 5.41 Å². The molecule has 0 aromatic heterocycles. The molecule has 1 aromatic carbocycles. The van der Waals surface area contributed by atoms with Gasteiger partial charge in [-0.3, -0.25) is 5.41 Å². The Labute approximate surface area is 81.8 Å². The quantitative estimate of drug-likeness (QED) is 0.572. The van der Waals surface area contributed by atoms with Crippen LogP contribution >= 0.6 is 11.8 Å². The predicted molar refractivity (Wildman–Crippen MR) is 56.2 cm³/mol. The van der Waals surface area contributed by atoms with Gasteiger partial charge in [-0.1, -0.05) is 30.0 Å². The summed E-state index contributed by atoms with van der Waals surface area (Å²) in [7, 11) is 1.64. The summed E-state index contributed by atoms with van der Waals surface area (Å²) in [6.45, 7) is 0. The van der Waals surface area contributed by atoms with Crippen molar-refractivity contribution in [3.05, 3.63) is 29.8 Å². The number of hydrogen-bond acceptors (Lipinski definition) is 3. The minimum Gasteiger partial charge on any atom is -0.496 e. The second-order valence-corrected chi connectivity index (χ2v) is 3.48. The molecule has 0 amide bonds. The average molecular weight is 196 g/mol. The summed E-state index contributed by atoms with van der Waals surface area (Å²) in [6.07, 6.45) is 0. The third kappa shape index (κ3) is 2.99. The lowest BCUT2D eigenvalue weighted by Gasteiger charge is -2.06. The third-order valence-electron chi connectivity index (χ3n) is 1.58. The number of nitrogens with one attached hydrogen (secondary N) is 1. The van der Waals surface area contributed by atoms with E-state index in [1.54, 1.807) is 7.11 Å². The summed E-state index contributed by atoms with van der Waals surface area (Å²) >= 11 is 1.30. The molecule has 0 saturated carbocycles. The second-order valence-electron chi connectivity index (χ2n) is 2.46. The number of rotatable bonds is 3. The highest BCUT2D eigenvalue weighted by Crippen LogP contribution is 2.22. The van der Waals surface area contributed by atoms with Gasteiger partial charge in [0.05, 0.1) is 7.11 Å². The van der Waals surface area contributed by atoms with Gasteiger partial charge in [0.2, 0.25) is 0 Å². The smallest absolute Gasteiger partial charge is 0.151 e. The molecular formula is C9H12N2OS. The fourth-order valence-electron chi connectivity index (χ4n) is 0.978. The number of thioether (sulfide) groups is 1. The van der Waals surface area contributed by atoms with Gasteiger partial charge in [-0.15, -0.1) is 0 Å². The molecule has 0 bridgehead atoms. The first-order valence-electron chi connectivity index (χ1n) is 3.82. The highest BCUT2D eigenvalue weighted by molar-refractivity contribution is 8.13. The van der Waals surface area contributed by atoms with E-state index in [1.165, 1.54) is 11.8 Å². The lowest BCUT2D eigenvalue weighted by molar-refractivity contribution is 0.411. The van der Waals surface area contributed by atoms with Crippen molar-refractivity contribution in [3.8, 4) is 5.75 Å². The minimum absolute atomic E-state index is 0.130. The van der Waals surface area contributed by atoms with Crippen molar-refractivity contribution in [3.63, 3.8) is 0 Å². The Hall–Kier alpha value is -1.16. The van der Waals surface area contributed by atoms with Crippen LogP contribution in [0.3, 0.4) is 0 Å². The molecule has 0 aliphatic heterocycles. The Kier molecular flexibility index (Phi) is 3.64. The number of amidine groups is 1. The van der Waals surface area contributed by atoms with Crippen LogP contribution in [-0.4, -0.2) is 12.3 Å². The molecule has 3 N–H and O–H groups in total. The largest absolute Gasteiger partial charge is 0.496 e. The van der Waals surface area contributed by atoms with Crippen LogP contribution in [0.5, 0.6) is 5.75 Å². The van der Waals surface area contributed by atoms with Crippen LogP contribution in [0.25, 0.3) is 0 Å². The third-order valence-corrected chi connectivity index (χ3v) is 2.34. The van der Waals surface area contributed by atoms with E-state index in [4.69, 9.17) is 15.9 Å². The lowest BCUT2D eigenvalue weighted by Crippen LogP contribution is -2.04. The number of nitrogens with two attached hydrogens (primary N) is 1. The molecule has 0 atom stereocenters. The van der Waals surface area contributed by atoms with Crippen molar-refractivity contribution in [2.75, 3.05) is 7.11 Å². The molecule has 1 aromatic rings. The second kappa shape index (κ2) is 4.77. The van der Waals surface area contributed by atoms with Gasteiger partial charge in [-0.05, 0) is 6.07 Å². The van der Waals surface area contributed by atoms with Gasteiger partial charge in [0, 0.05) is 11.3 Å². The summed E-state index contributed by atoms with van der Waals surface area (Å²) in [6, 6.07) is 7.73. The topological polar surface area (TPSA) is 59.1 Å². The number of hydrogen-bond donors (Lipinski definition) is 2. The Morgan fingerprint density at radius 3 is 2.85 bits per heavy atom. The summed E-state index contributed by atoms with van der Waals surface area (Å²) in [5.74, 6) is 1.52. The van der Waals surface area contributed by atoms with Gasteiger partial charge in [-0.25, -0.2) is 0 Å². The molecular weight excluding hydrogens is 184 g/mol. The molecule has 4 heteroatoms. The molecule has 3 nitrogen and oxygen atoms in total. The molecule has 0 saturated heterocycles. The van der Waals surface area contributed by atoms with E-state index in [-0.39, 0.29) is 5.17 Å². The minimum atomic E-state index is 0.130. The van der Waals surface area contributed by atoms with Crippen molar-refractivity contribution in [2.45, 2.75) is 5.75 Å². The zero-order valence-corrected chi connectivity index (χ0v) is 8.23. The number of methoxy groups -OCH3 is 1. The molecule has 0 unspecified atom stereocenters. The summed E-state index contributed by atoms with van der Waals surface area (Å²) in [5.41, 5.74) is 6.30. The van der Waals surface area contributed by atoms with E-state index in [0.29, 0.717) is 5.75 Å². The molecule has 13 heavy (non-hydrogen) atoms. The Morgan fingerprint density at radius 1 is 1.54 bits per heavy atom. The molecule has 70 valence electrons. The van der Waals surface area contributed by atoms with E-state index in [2.05, 4.69) is 0 Å². The highest BCUT2D eigenvalue weighted by atomic mass is 32.2. The first-order valence-corrected chi connectivity index (χ1v) is 4.81. The van der Waals surface area contributed by atoms with E-state index in [0.717, 1.165) is 11.3 Å². The first-order chi connectivity index (χ1) is 6.24. The Morgan fingerprint density at radius 2 is 2.23 bits per heavy atom. The maximum atomic E-state index is 7.07. The molecule has 0 spiro atoms. The van der Waals surface area contributed by atoms with Crippen LogP contribution in [0.1, 0.15) is 5.56 Å². The van der Waals surface area contributed by atoms with Crippen LogP contribution in [0.15, 0.2) is 24.3 Å². The normalized spacial score (nSPS) is 9.62. The highest BCUT2D eigenvalue weighted by Gasteiger charge is 2.01. The number of ether oxygens (including phenoxy) is 1. The van der Waals surface area contributed by atoms with E-state index in [1.807, 2.05) is 24.3 Å². The van der Waals surface area contributed by atoms with Crippen molar-refractivity contribution < 1.29 is 4.74 Å². The Balaban J connectivity index is 2.69. The van der Waals surface area contributed by atoms with Gasteiger partial charge in [0.1, 0.15) is 5.75 Å². The number of para-hydroxylation sites is 1. The van der Waals surface area contributed by atoms with E-state index in [9.17, 15) is 0 Å². The maximum Gasteiger partial charge on any atom is 0.151 e. The van der Waals surface area contributed by atoms with Crippen molar-refractivity contribution >= 4 is 16.9 Å². The van der Waals surface area contributed by atoms with Crippen molar-refractivity contribution in [1.82, 2.24) is 0 Å². The number of benzene rings is 1. The fourth-order valence-corrected chi connectivity index (χ4v) is 1.53. The van der Waals surface area contributed by atoms with Gasteiger partial charge >= 0.3 is 0 Å². The summed E-state index contributed by atoms with van der Waals surface area (Å²) in [5, 5.41) is 7.20. The van der Waals surface area contributed by atoms with Crippen LogP contribution in [-0.2, 0) is 5.75 Å². The van der Waals surface area contributed by atoms with Crippen LogP contribution in [0.4, 0.5) is 0 Å². The van der Waals surface area contributed by atoms with Gasteiger partial charge in [-0.2, -0.15) is 0 Å². The van der Waals surface area contributed by atoms with Gasteiger partial charge in [0.15, 0.2) is 5.17 Å². The average Bonchev–Trinajstić information content (AvgIpc) is 2.15. The van der Waals surface area contributed by atoms with E-state index >= 15 is 0 Å². The van der Waals surface area contributed by atoms with Gasteiger partial charge in [0.25, 0.3) is 0 Å². The SMILES string of the molecule is COc1ccccc1CSC(=N)N. The van der Waals surface area contributed by atoms with Crippen LogP contribution < -0.4 is 10.5 Å². The fraction of sp³-hybridized carbons (Fsp3) is 0.222. The Bertz CT molecular complexity index is 301. The van der Waals surface area contributed by atoms with Gasteiger partial charge < -0.3 is 10.5 Å². The molecule has 0 fully saturated rings. The lowest BCUT2D eigenvalue weighted by atomic mass is 10.2. The zero-order valence-electron chi connectivity index (χ0n) is 7.41. The monoisotopic (exact) mass is 196 g/mol. The maximum absolute atomic E-state index is 7.07. The molecule has 0 aliphatic carbocycles. The first kappa shape index (κ1) is 9.92. The molecule has 0 radical (unpaired) electrons. The van der Waals surface area contributed by atoms with Crippen LogP contribution in [0.2, 0.25) is 0 Å². The van der Waals surface area contributed by atoms with Crippen molar-refractivity contribution in [1.29, 1.82) is 5.41 Å². The molecule has 0 heterocycles. The molecule has 0 aliphatic rings. The summed E-state index contributed by atoms with van der Waals surface area (Å²) < 4.78 is 5.15. The predicted octanol–water partition coefficient (Wildman–Crippen LogP) is 1.82. The van der Waals surface area contributed by atoms with E-state index < -0.39 is 0 Å².